The van der Waals surface area contributed by atoms with E-state index in [0.29, 0.717) is 5.69 Å². The van der Waals surface area contributed by atoms with Crippen molar-refractivity contribution in [2.24, 2.45) is 0 Å². The molecule has 5 heteroatoms. The number of thioether (sulfide) groups is 1. The van der Waals surface area contributed by atoms with Crippen molar-refractivity contribution < 1.29 is 4.79 Å². The number of halogens is 1. The molecule has 2 N–H and O–H groups in total. The average Bonchev–Trinajstić information content (AvgIpc) is 2.76. The molecule has 0 radical (unpaired) electrons. The van der Waals surface area contributed by atoms with Gasteiger partial charge < -0.3 is 10.3 Å². The lowest BCUT2D eigenvalue weighted by atomic mass is 10.3. The van der Waals surface area contributed by atoms with Crippen LogP contribution < -0.4 is 5.32 Å². The van der Waals surface area contributed by atoms with E-state index in [4.69, 9.17) is 0 Å². The predicted octanol–water partition coefficient (Wildman–Crippen LogP) is 3.75. The highest BCUT2D eigenvalue weighted by Gasteiger charge is 2.08. The molecule has 0 saturated heterocycles. The molecule has 2 rings (SSSR count). The van der Waals surface area contributed by atoms with E-state index in [1.165, 1.54) is 0 Å². The van der Waals surface area contributed by atoms with Crippen molar-refractivity contribution in [1.82, 2.24) is 4.98 Å². The van der Waals surface area contributed by atoms with Crippen molar-refractivity contribution in [1.29, 1.82) is 0 Å². The van der Waals surface area contributed by atoms with Crippen LogP contribution in [-0.4, -0.2) is 17.1 Å². The number of carbonyl (C=O) groups excluding carboxylic acids is 1. The van der Waals surface area contributed by atoms with Gasteiger partial charge in [-0.25, -0.2) is 0 Å². The zero-order valence-corrected chi connectivity index (χ0v) is 11.6. The van der Waals surface area contributed by atoms with E-state index in [1.54, 1.807) is 24.0 Å². The molecule has 17 heavy (non-hydrogen) atoms. The van der Waals surface area contributed by atoms with Crippen molar-refractivity contribution in [3.63, 3.8) is 0 Å². The van der Waals surface area contributed by atoms with Gasteiger partial charge in [0.15, 0.2) is 0 Å². The van der Waals surface area contributed by atoms with Gasteiger partial charge in [0, 0.05) is 21.3 Å². The zero-order chi connectivity index (χ0) is 12.3. The second kappa shape index (κ2) is 5.42. The van der Waals surface area contributed by atoms with Crippen LogP contribution in [0.15, 0.2) is 45.9 Å². The number of aromatic amines is 1. The number of amides is 1. The van der Waals surface area contributed by atoms with Gasteiger partial charge in [-0.2, -0.15) is 0 Å². The molecule has 0 aliphatic carbocycles. The molecule has 1 heterocycles. The molecule has 0 atom stereocenters. The van der Waals surface area contributed by atoms with Crippen LogP contribution in [0.1, 0.15) is 10.5 Å². The first-order chi connectivity index (χ1) is 8.19. The van der Waals surface area contributed by atoms with Crippen LogP contribution >= 0.6 is 27.7 Å². The van der Waals surface area contributed by atoms with Gasteiger partial charge in [0.2, 0.25) is 0 Å². The summed E-state index contributed by atoms with van der Waals surface area (Å²) < 4.78 is 0.862. The van der Waals surface area contributed by atoms with Gasteiger partial charge in [-0.05, 0) is 46.5 Å². The number of carbonyl (C=O) groups is 1. The van der Waals surface area contributed by atoms with Gasteiger partial charge in [-0.1, -0.05) is 6.07 Å². The number of aromatic nitrogens is 1. The third kappa shape index (κ3) is 3.14. The monoisotopic (exact) mass is 310 g/mol. The zero-order valence-electron chi connectivity index (χ0n) is 9.16. The van der Waals surface area contributed by atoms with Crippen LogP contribution in [-0.2, 0) is 0 Å². The highest BCUT2D eigenvalue weighted by molar-refractivity contribution is 9.10. The summed E-state index contributed by atoms with van der Waals surface area (Å²) in [6.45, 7) is 0. The van der Waals surface area contributed by atoms with E-state index in [9.17, 15) is 4.79 Å². The van der Waals surface area contributed by atoms with E-state index in [1.807, 2.05) is 30.5 Å². The predicted molar refractivity (Wildman–Crippen MR) is 74.7 cm³/mol. The minimum Gasteiger partial charge on any atom is -0.356 e. The van der Waals surface area contributed by atoms with Gasteiger partial charge in [-0.3, -0.25) is 4.79 Å². The quantitative estimate of drug-likeness (QED) is 0.848. The van der Waals surface area contributed by atoms with Crippen molar-refractivity contribution in [2.45, 2.75) is 4.90 Å². The van der Waals surface area contributed by atoms with Crippen molar-refractivity contribution in [3.05, 3.63) is 46.7 Å². The lowest BCUT2D eigenvalue weighted by Gasteiger charge is -2.05. The molecule has 0 aliphatic heterocycles. The Hall–Kier alpha value is -1.20. The van der Waals surface area contributed by atoms with Gasteiger partial charge in [0.05, 0.1) is 0 Å². The number of H-pyrrole nitrogens is 1. The summed E-state index contributed by atoms with van der Waals surface area (Å²) in [7, 11) is 0. The van der Waals surface area contributed by atoms with Crippen LogP contribution in [0, 0.1) is 0 Å². The Morgan fingerprint density at radius 1 is 1.41 bits per heavy atom. The van der Waals surface area contributed by atoms with E-state index in [0.717, 1.165) is 15.1 Å². The Bertz CT molecular complexity index is 539. The summed E-state index contributed by atoms with van der Waals surface area (Å²) in [5, 5.41) is 2.84. The summed E-state index contributed by atoms with van der Waals surface area (Å²) in [4.78, 5) is 15.9. The van der Waals surface area contributed by atoms with Gasteiger partial charge in [-0.15, -0.1) is 11.8 Å². The molecule has 1 amide bonds. The maximum Gasteiger partial charge on any atom is 0.272 e. The highest BCUT2D eigenvalue weighted by atomic mass is 79.9. The van der Waals surface area contributed by atoms with Gasteiger partial charge >= 0.3 is 0 Å². The second-order valence-electron chi connectivity index (χ2n) is 3.42. The minimum atomic E-state index is -0.144. The molecule has 88 valence electrons. The van der Waals surface area contributed by atoms with Crippen LogP contribution in [0.5, 0.6) is 0 Å². The summed E-state index contributed by atoms with van der Waals surface area (Å²) in [5.74, 6) is -0.144. The highest BCUT2D eigenvalue weighted by Crippen LogP contribution is 2.19. The Labute approximate surface area is 112 Å². The van der Waals surface area contributed by atoms with Gasteiger partial charge in [0.1, 0.15) is 5.69 Å². The molecule has 0 aliphatic rings. The second-order valence-corrected chi connectivity index (χ2v) is 5.21. The largest absolute Gasteiger partial charge is 0.356 e. The van der Waals surface area contributed by atoms with E-state index in [-0.39, 0.29) is 5.91 Å². The molecule has 0 unspecified atom stereocenters. The van der Waals surface area contributed by atoms with E-state index < -0.39 is 0 Å². The molecule has 0 fully saturated rings. The summed E-state index contributed by atoms with van der Waals surface area (Å²) >= 11 is 4.94. The van der Waals surface area contributed by atoms with Crippen molar-refractivity contribution in [2.75, 3.05) is 11.6 Å². The molecule has 0 bridgehead atoms. The van der Waals surface area contributed by atoms with Gasteiger partial charge in [0.25, 0.3) is 5.91 Å². The number of rotatable bonds is 3. The number of nitrogens with one attached hydrogen (secondary N) is 2. The number of anilines is 1. The molecule has 0 spiro atoms. The lowest BCUT2D eigenvalue weighted by Crippen LogP contribution is -2.12. The molecular formula is C12H11BrN2OS. The van der Waals surface area contributed by atoms with Crippen LogP contribution in [0.2, 0.25) is 0 Å². The molecule has 0 saturated carbocycles. The number of hydrogen-bond donors (Lipinski definition) is 2. The maximum absolute atomic E-state index is 11.9. The summed E-state index contributed by atoms with van der Waals surface area (Å²) in [6, 6.07) is 9.49. The number of benzene rings is 1. The SMILES string of the molecule is CSc1cccc(NC(=O)c2cc(Br)c[nH]2)c1. The third-order valence-corrected chi connectivity index (χ3v) is 3.40. The first-order valence-corrected chi connectivity index (χ1v) is 7.00. The molecule has 1 aromatic carbocycles. The maximum atomic E-state index is 11.9. The topological polar surface area (TPSA) is 44.9 Å². The van der Waals surface area contributed by atoms with Crippen LogP contribution in [0.3, 0.4) is 0 Å². The Morgan fingerprint density at radius 3 is 2.88 bits per heavy atom. The Morgan fingerprint density at radius 2 is 2.24 bits per heavy atom. The Kier molecular flexibility index (Phi) is 3.91. The summed E-state index contributed by atoms with van der Waals surface area (Å²) in [5.41, 5.74) is 1.33. The lowest BCUT2D eigenvalue weighted by molar-refractivity contribution is 0.102. The standard InChI is InChI=1S/C12H11BrN2OS/c1-17-10-4-2-3-9(6-10)15-12(16)11-5-8(13)7-14-11/h2-7,14H,1H3,(H,15,16). The smallest absolute Gasteiger partial charge is 0.272 e. The molecule has 1 aromatic heterocycles. The molecule has 2 aromatic rings. The fourth-order valence-electron chi connectivity index (χ4n) is 1.40. The molecule has 3 nitrogen and oxygen atoms in total. The third-order valence-electron chi connectivity index (χ3n) is 2.22. The fourth-order valence-corrected chi connectivity index (χ4v) is 2.20. The Balaban J connectivity index is 2.12. The van der Waals surface area contributed by atoms with Crippen molar-refractivity contribution in [3.8, 4) is 0 Å². The first kappa shape index (κ1) is 12.3. The average molecular weight is 311 g/mol. The normalized spacial score (nSPS) is 10.2. The first-order valence-electron chi connectivity index (χ1n) is 4.98. The number of hydrogen-bond acceptors (Lipinski definition) is 2. The minimum absolute atomic E-state index is 0.144. The summed E-state index contributed by atoms with van der Waals surface area (Å²) in [6.07, 6.45) is 3.73. The van der Waals surface area contributed by atoms with E-state index >= 15 is 0 Å². The van der Waals surface area contributed by atoms with Crippen molar-refractivity contribution >= 4 is 39.3 Å². The van der Waals surface area contributed by atoms with E-state index in [2.05, 4.69) is 26.2 Å². The fraction of sp³-hybridized carbons (Fsp3) is 0.0833. The van der Waals surface area contributed by atoms with Crippen LogP contribution in [0.4, 0.5) is 5.69 Å². The van der Waals surface area contributed by atoms with Crippen LogP contribution in [0.25, 0.3) is 0 Å². The molecular weight excluding hydrogens is 300 g/mol.